The van der Waals surface area contributed by atoms with Crippen molar-refractivity contribution in [3.8, 4) is 5.69 Å². The zero-order valence-corrected chi connectivity index (χ0v) is 16.7. The first-order valence-electron chi connectivity index (χ1n) is 9.84. The second-order valence-electron chi connectivity index (χ2n) is 7.33. The van der Waals surface area contributed by atoms with Gasteiger partial charge < -0.3 is 10.2 Å². The lowest BCUT2D eigenvalue weighted by molar-refractivity contribution is -0.117. The van der Waals surface area contributed by atoms with Gasteiger partial charge in [0.05, 0.1) is 29.2 Å². The second kappa shape index (κ2) is 7.91. The Hall–Kier alpha value is -3.41. The Balaban J connectivity index is 1.45. The van der Waals surface area contributed by atoms with E-state index in [0.717, 1.165) is 47.0 Å². The Bertz CT molecular complexity index is 1040. The number of amides is 2. The lowest BCUT2D eigenvalue weighted by Crippen LogP contribution is -2.23. The maximum Gasteiger partial charge on any atom is 0.228 e. The van der Waals surface area contributed by atoms with Gasteiger partial charge in [-0.25, -0.2) is 4.68 Å². The number of carbonyl (C=O) groups excluding carboxylic acids is 2. The molecular formula is C23H24N4O2. The molecule has 0 radical (unpaired) electrons. The Labute approximate surface area is 170 Å². The van der Waals surface area contributed by atoms with Crippen molar-refractivity contribution in [1.29, 1.82) is 0 Å². The van der Waals surface area contributed by atoms with Gasteiger partial charge >= 0.3 is 0 Å². The van der Waals surface area contributed by atoms with Crippen molar-refractivity contribution in [2.45, 2.75) is 33.1 Å². The molecule has 1 aliphatic heterocycles. The number of nitrogens with one attached hydrogen (secondary N) is 1. The van der Waals surface area contributed by atoms with Gasteiger partial charge in [0.25, 0.3) is 0 Å². The number of aryl methyl sites for hydroxylation is 1. The molecule has 0 bridgehead atoms. The highest BCUT2D eigenvalue weighted by molar-refractivity contribution is 5.96. The molecule has 1 aromatic heterocycles. The molecule has 2 heterocycles. The number of rotatable bonds is 5. The van der Waals surface area contributed by atoms with E-state index < -0.39 is 0 Å². The summed E-state index contributed by atoms with van der Waals surface area (Å²) in [5.74, 6) is 0.0747. The summed E-state index contributed by atoms with van der Waals surface area (Å²) in [6.07, 6.45) is 1.78. The summed E-state index contributed by atoms with van der Waals surface area (Å²) in [6.45, 7) is 4.61. The molecule has 2 amide bonds. The van der Waals surface area contributed by atoms with Crippen LogP contribution in [0.2, 0.25) is 0 Å². The van der Waals surface area contributed by atoms with Crippen LogP contribution in [0.15, 0.2) is 54.6 Å². The van der Waals surface area contributed by atoms with Crippen LogP contribution in [-0.4, -0.2) is 28.1 Å². The molecule has 2 aromatic carbocycles. The van der Waals surface area contributed by atoms with Crippen molar-refractivity contribution >= 4 is 23.2 Å². The summed E-state index contributed by atoms with van der Waals surface area (Å²) in [6, 6.07) is 17.5. The standard InChI is InChI=1S/C23H24N4O2/c1-16-23(17(2)27(25-16)20-7-4-3-5-8-20)24-21(28)15-18-10-12-19(13-11-18)26-14-6-9-22(26)29/h3-5,7-8,10-13H,6,9,14-15H2,1-2H3,(H,24,28). The van der Waals surface area contributed by atoms with E-state index in [1.165, 1.54) is 0 Å². The lowest BCUT2D eigenvalue weighted by Gasteiger charge is -2.15. The van der Waals surface area contributed by atoms with E-state index in [-0.39, 0.29) is 18.2 Å². The third-order valence-electron chi connectivity index (χ3n) is 5.24. The predicted octanol–water partition coefficient (Wildman–Crippen LogP) is 3.80. The van der Waals surface area contributed by atoms with Gasteiger partial charge in [0.1, 0.15) is 0 Å². The van der Waals surface area contributed by atoms with Crippen LogP contribution < -0.4 is 10.2 Å². The summed E-state index contributed by atoms with van der Waals surface area (Å²) in [4.78, 5) is 26.3. The van der Waals surface area contributed by atoms with Crippen molar-refractivity contribution < 1.29 is 9.59 Å². The molecule has 6 heteroatoms. The van der Waals surface area contributed by atoms with Gasteiger partial charge in [-0.15, -0.1) is 0 Å². The van der Waals surface area contributed by atoms with E-state index >= 15 is 0 Å². The van der Waals surface area contributed by atoms with Crippen molar-refractivity contribution in [3.05, 3.63) is 71.5 Å². The smallest absolute Gasteiger partial charge is 0.228 e. The van der Waals surface area contributed by atoms with Crippen LogP contribution in [0.25, 0.3) is 5.69 Å². The molecule has 0 spiro atoms. The molecule has 4 rings (SSSR count). The first-order valence-corrected chi connectivity index (χ1v) is 9.84. The molecular weight excluding hydrogens is 364 g/mol. The van der Waals surface area contributed by atoms with Crippen LogP contribution in [0.4, 0.5) is 11.4 Å². The van der Waals surface area contributed by atoms with Crippen LogP contribution in [0, 0.1) is 13.8 Å². The van der Waals surface area contributed by atoms with E-state index in [1.54, 1.807) is 4.90 Å². The molecule has 1 fully saturated rings. The Morgan fingerprint density at radius 3 is 2.41 bits per heavy atom. The van der Waals surface area contributed by atoms with Crippen molar-refractivity contribution in [2.24, 2.45) is 0 Å². The summed E-state index contributed by atoms with van der Waals surface area (Å²) < 4.78 is 1.84. The monoisotopic (exact) mass is 388 g/mol. The fourth-order valence-electron chi connectivity index (χ4n) is 3.73. The predicted molar refractivity (Wildman–Crippen MR) is 113 cm³/mol. The van der Waals surface area contributed by atoms with Crippen molar-refractivity contribution in [3.63, 3.8) is 0 Å². The summed E-state index contributed by atoms with van der Waals surface area (Å²) in [7, 11) is 0. The highest BCUT2D eigenvalue weighted by Gasteiger charge is 2.21. The molecule has 1 N–H and O–H groups in total. The highest BCUT2D eigenvalue weighted by atomic mass is 16.2. The molecule has 1 saturated heterocycles. The Morgan fingerprint density at radius 1 is 1.03 bits per heavy atom. The number of aromatic nitrogens is 2. The van der Waals surface area contributed by atoms with E-state index in [9.17, 15) is 9.59 Å². The van der Waals surface area contributed by atoms with E-state index in [4.69, 9.17) is 0 Å². The number of para-hydroxylation sites is 1. The minimum absolute atomic E-state index is 0.0891. The zero-order chi connectivity index (χ0) is 20.4. The average molecular weight is 388 g/mol. The van der Waals surface area contributed by atoms with Crippen LogP contribution >= 0.6 is 0 Å². The Morgan fingerprint density at radius 2 is 1.76 bits per heavy atom. The minimum Gasteiger partial charge on any atom is -0.323 e. The van der Waals surface area contributed by atoms with Gasteiger partial charge in [0.15, 0.2) is 0 Å². The zero-order valence-electron chi connectivity index (χ0n) is 16.7. The van der Waals surface area contributed by atoms with Crippen LogP contribution in [0.3, 0.4) is 0 Å². The topological polar surface area (TPSA) is 67.2 Å². The maximum absolute atomic E-state index is 12.6. The van der Waals surface area contributed by atoms with Gasteiger partial charge in [0, 0.05) is 18.7 Å². The SMILES string of the molecule is Cc1nn(-c2ccccc2)c(C)c1NC(=O)Cc1ccc(N2CCCC2=O)cc1. The van der Waals surface area contributed by atoms with Crippen molar-refractivity contribution in [2.75, 3.05) is 16.8 Å². The van der Waals surface area contributed by atoms with Gasteiger partial charge in [-0.2, -0.15) is 5.10 Å². The largest absolute Gasteiger partial charge is 0.323 e. The number of benzene rings is 2. The number of hydrogen-bond donors (Lipinski definition) is 1. The molecule has 0 atom stereocenters. The fourth-order valence-corrected chi connectivity index (χ4v) is 3.73. The molecule has 0 aliphatic carbocycles. The molecule has 1 aliphatic rings. The summed E-state index contributed by atoms with van der Waals surface area (Å²) in [5.41, 5.74) is 5.18. The van der Waals surface area contributed by atoms with Crippen LogP contribution in [-0.2, 0) is 16.0 Å². The average Bonchev–Trinajstić information content (AvgIpc) is 3.27. The molecule has 3 aromatic rings. The Kier molecular flexibility index (Phi) is 5.16. The van der Waals surface area contributed by atoms with Crippen LogP contribution in [0.1, 0.15) is 29.8 Å². The number of carbonyl (C=O) groups is 2. The quantitative estimate of drug-likeness (QED) is 0.723. The second-order valence-corrected chi connectivity index (χ2v) is 7.33. The number of nitrogens with zero attached hydrogens (tertiary/aromatic N) is 3. The molecule has 148 valence electrons. The first-order chi connectivity index (χ1) is 14.0. The normalized spacial score (nSPS) is 13.7. The van der Waals surface area contributed by atoms with Gasteiger partial charge in [-0.3, -0.25) is 9.59 Å². The fraction of sp³-hybridized carbons (Fsp3) is 0.261. The first kappa shape index (κ1) is 18.9. The van der Waals surface area contributed by atoms with E-state index in [1.807, 2.05) is 73.1 Å². The number of hydrogen-bond acceptors (Lipinski definition) is 3. The molecule has 0 saturated carbocycles. The van der Waals surface area contributed by atoms with Crippen molar-refractivity contribution in [1.82, 2.24) is 9.78 Å². The van der Waals surface area contributed by atoms with Gasteiger partial charge in [-0.05, 0) is 50.1 Å². The molecule has 0 unspecified atom stereocenters. The maximum atomic E-state index is 12.6. The minimum atomic E-state index is -0.0891. The third kappa shape index (κ3) is 3.92. The summed E-state index contributed by atoms with van der Waals surface area (Å²) in [5, 5.41) is 7.57. The highest BCUT2D eigenvalue weighted by Crippen LogP contribution is 2.24. The van der Waals surface area contributed by atoms with Crippen LogP contribution in [0.5, 0.6) is 0 Å². The molecule has 29 heavy (non-hydrogen) atoms. The van der Waals surface area contributed by atoms with Gasteiger partial charge in [0.2, 0.25) is 11.8 Å². The molecule has 6 nitrogen and oxygen atoms in total. The van der Waals surface area contributed by atoms with E-state index in [0.29, 0.717) is 6.42 Å². The van der Waals surface area contributed by atoms with Gasteiger partial charge in [-0.1, -0.05) is 30.3 Å². The lowest BCUT2D eigenvalue weighted by atomic mass is 10.1. The summed E-state index contributed by atoms with van der Waals surface area (Å²) >= 11 is 0. The van der Waals surface area contributed by atoms with E-state index in [2.05, 4.69) is 10.4 Å². The third-order valence-corrected chi connectivity index (χ3v) is 5.24. The number of anilines is 2.